The summed E-state index contributed by atoms with van der Waals surface area (Å²) in [5.41, 5.74) is -0.459. The number of likely N-dealkylation sites (tertiary alicyclic amines) is 1. The van der Waals surface area contributed by atoms with Crippen LogP contribution in [0.2, 0.25) is 0 Å². The van der Waals surface area contributed by atoms with Gasteiger partial charge in [0.05, 0.1) is 6.04 Å². The number of ether oxygens (including phenoxy) is 1. The smallest absolute Gasteiger partial charge is 0.407 e. The molecule has 0 radical (unpaired) electrons. The van der Waals surface area contributed by atoms with Crippen LogP contribution in [0.15, 0.2) is 4.99 Å². The third-order valence-corrected chi connectivity index (χ3v) is 5.45. The molecule has 0 bridgehead atoms. The van der Waals surface area contributed by atoms with Crippen molar-refractivity contribution in [3.8, 4) is 0 Å². The Balaban J connectivity index is 0.00000261. The largest absolute Gasteiger partial charge is 0.444 e. The standard InChI is InChI=1S/C20H36N4O2.HI/c1-5-21-18(22-12-17(14-6-7-14)15-8-9-15)24-11-10-16(13-24)23-19(25)26-20(2,3)4;/h14-17H,5-13H2,1-4H3,(H,21,22)(H,23,25);1H. The van der Waals surface area contributed by atoms with Crippen LogP contribution in [-0.2, 0) is 4.74 Å². The summed E-state index contributed by atoms with van der Waals surface area (Å²) in [6.07, 6.45) is 6.21. The Morgan fingerprint density at radius 1 is 1.19 bits per heavy atom. The summed E-state index contributed by atoms with van der Waals surface area (Å²) in [5.74, 6) is 3.65. The molecule has 0 aromatic heterocycles. The lowest BCUT2D eigenvalue weighted by Crippen LogP contribution is -2.44. The molecule has 0 aromatic rings. The first-order valence-corrected chi connectivity index (χ1v) is 10.4. The van der Waals surface area contributed by atoms with Crippen LogP contribution in [-0.4, -0.2) is 54.8 Å². The number of nitrogens with one attached hydrogen (secondary N) is 2. The zero-order valence-corrected chi connectivity index (χ0v) is 19.6. The molecule has 3 rings (SSSR count). The van der Waals surface area contributed by atoms with Crippen molar-refractivity contribution in [2.75, 3.05) is 26.2 Å². The maximum Gasteiger partial charge on any atom is 0.407 e. The number of hydrogen-bond donors (Lipinski definition) is 2. The maximum atomic E-state index is 12.0. The predicted octanol–water partition coefficient (Wildman–Crippen LogP) is 3.61. The molecule has 3 aliphatic rings. The van der Waals surface area contributed by atoms with Gasteiger partial charge in [-0.1, -0.05) is 0 Å². The van der Waals surface area contributed by atoms with Crippen molar-refractivity contribution in [1.29, 1.82) is 0 Å². The van der Waals surface area contributed by atoms with Gasteiger partial charge >= 0.3 is 6.09 Å². The highest BCUT2D eigenvalue weighted by Crippen LogP contribution is 2.49. The van der Waals surface area contributed by atoms with Crippen LogP contribution in [0, 0.1) is 17.8 Å². The topological polar surface area (TPSA) is 66.0 Å². The van der Waals surface area contributed by atoms with E-state index in [2.05, 4.69) is 22.5 Å². The van der Waals surface area contributed by atoms with Crippen molar-refractivity contribution >= 4 is 36.0 Å². The first-order chi connectivity index (χ1) is 12.4. The fourth-order valence-electron chi connectivity index (χ4n) is 3.89. The van der Waals surface area contributed by atoms with Gasteiger partial charge in [-0.25, -0.2) is 4.79 Å². The number of hydrogen-bond acceptors (Lipinski definition) is 3. The summed E-state index contributed by atoms with van der Waals surface area (Å²) in [7, 11) is 0. The second kappa shape index (κ2) is 9.65. The van der Waals surface area contributed by atoms with E-state index >= 15 is 0 Å². The molecular weight excluding hydrogens is 455 g/mol. The van der Waals surface area contributed by atoms with Gasteiger partial charge in [0.1, 0.15) is 5.60 Å². The summed E-state index contributed by atoms with van der Waals surface area (Å²) in [5, 5.41) is 6.44. The van der Waals surface area contributed by atoms with Crippen LogP contribution in [0.3, 0.4) is 0 Å². The predicted molar refractivity (Wildman–Crippen MR) is 120 cm³/mol. The average Bonchev–Trinajstić information content (AvgIpc) is 3.45. The molecule has 3 fully saturated rings. The third-order valence-electron chi connectivity index (χ3n) is 5.45. The molecule has 1 atom stereocenters. The summed E-state index contributed by atoms with van der Waals surface area (Å²) in [6, 6.07) is 0.122. The van der Waals surface area contributed by atoms with Crippen molar-refractivity contribution in [1.82, 2.24) is 15.5 Å². The Kier molecular flexibility index (Phi) is 8.06. The number of guanidine groups is 1. The molecular formula is C20H37IN4O2. The molecule has 6 nitrogen and oxygen atoms in total. The lowest BCUT2D eigenvalue weighted by atomic mass is 9.98. The number of carbonyl (C=O) groups is 1. The number of alkyl carbamates (subject to hydrolysis) is 1. The Morgan fingerprint density at radius 3 is 2.33 bits per heavy atom. The molecule has 1 unspecified atom stereocenters. The molecule has 0 spiro atoms. The quantitative estimate of drug-likeness (QED) is 0.338. The number of carbonyl (C=O) groups excluding carboxylic acids is 1. The van der Waals surface area contributed by atoms with E-state index in [0.29, 0.717) is 0 Å². The third kappa shape index (κ3) is 7.31. The average molecular weight is 492 g/mol. The molecule has 1 saturated heterocycles. The first-order valence-electron chi connectivity index (χ1n) is 10.4. The molecule has 0 aromatic carbocycles. The van der Waals surface area contributed by atoms with E-state index in [1.807, 2.05) is 20.8 Å². The Hall–Kier alpha value is -0.730. The van der Waals surface area contributed by atoms with Crippen LogP contribution < -0.4 is 10.6 Å². The van der Waals surface area contributed by atoms with Gasteiger partial charge in [-0.05, 0) is 77.6 Å². The minimum absolute atomic E-state index is 0. The van der Waals surface area contributed by atoms with E-state index in [-0.39, 0.29) is 36.1 Å². The van der Waals surface area contributed by atoms with E-state index < -0.39 is 5.60 Å². The highest BCUT2D eigenvalue weighted by molar-refractivity contribution is 14.0. The van der Waals surface area contributed by atoms with Crippen LogP contribution >= 0.6 is 24.0 Å². The normalized spacial score (nSPS) is 23.2. The first kappa shape index (κ1) is 22.6. The molecule has 1 heterocycles. The molecule has 2 saturated carbocycles. The van der Waals surface area contributed by atoms with Crippen molar-refractivity contribution in [3.63, 3.8) is 0 Å². The van der Waals surface area contributed by atoms with E-state index in [0.717, 1.165) is 56.3 Å². The van der Waals surface area contributed by atoms with Crippen molar-refractivity contribution in [3.05, 3.63) is 0 Å². The van der Waals surface area contributed by atoms with Gasteiger partial charge in [0, 0.05) is 26.2 Å². The maximum absolute atomic E-state index is 12.0. The number of aliphatic imine (C=N–C) groups is 1. The SMILES string of the molecule is CCNC(=NCC(C1CC1)C1CC1)N1CCC(NC(=O)OC(C)(C)C)C1.I. The van der Waals surface area contributed by atoms with Crippen molar-refractivity contribution < 1.29 is 9.53 Å². The fourth-order valence-corrected chi connectivity index (χ4v) is 3.89. The Morgan fingerprint density at radius 2 is 1.81 bits per heavy atom. The zero-order chi connectivity index (χ0) is 18.7. The molecule has 156 valence electrons. The van der Waals surface area contributed by atoms with Gasteiger partial charge in [0.15, 0.2) is 5.96 Å². The second-order valence-electron chi connectivity index (χ2n) is 9.11. The van der Waals surface area contributed by atoms with Crippen LogP contribution in [0.4, 0.5) is 4.79 Å². The summed E-state index contributed by atoms with van der Waals surface area (Å²) in [6.45, 7) is 11.3. The molecule has 1 amide bonds. The summed E-state index contributed by atoms with van der Waals surface area (Å²) >= 11 is 0. The number of halogens is 1. The highest BCUT2D eigenvalue weighted by Gasteiger charge is 2.41. The molecule has 2 aliphatic carbocycles. The minimum atomic E-state index is -0.459. The lowest BCUT2D eigenvalue weighted by molar-refractivity contribution is 0.0507. The van der Waals surface area contributed by atoms with Crippen molar-refractivity contribution in [2.45, 2.75) is 71.4 Å². The van der Waals surface area contributed by atoms with Gasteiger partial charge < -0.3 is 20.3 Å². The number of amides is 1. The van der Waals surface area contributed by atoms with Gasteiger partial charge in [-0.15, -0.1) is 24.0 Å². The minimum Gasteiger partial charge on any atom is -0.444 e. The molecule has 27 heavy (non-hydrogen) atoms. The Labute approximate surface area is 181 Å². The van der Waals surface area contributed by atoms with Gasteiger partial charge in [0.2, 0.25) is 0 Å². The molecule has 1 aliphatic heterocycles. The summed E-state index contributed by atoms with van der Waals surface area (Å²) < 4.78 is 5.37. The highest BCUT2D eigenvalue weighted by atomic mass is 127. The van der Waals surface area contributed by atoms with E-state index in [1.54, 1.807) is 0 Å². The second-order valence-corrected chi connectivity index (χ2v) is 9.11. The van der Waals surface area contributed by atoms with Crippen LogP contribution in [0.5, 0.6) is 0 Å². The van der Waals surface area contributed by atoms with E-state index in [9.17, 15) is 4.79 Å². The van der Waals surface area contributed by atoms with Gasteiger partial charge in [0.25, 0.3) is 0 Å². The number of nitrogens with zero attached hydrogens (tertiary/aromatic N) is 2. The van der Waals surface area contributed by atoms with Crippen LogP contribution in [0.1, 0.15) is 59.8 Å². The van der Waals surface area contributed by atoms with E-state index in [1.165, 1.54) is 25.7 Å². The molecule has 7 heteroatoms. The zero-order valence-electron chi connectivity index (χ0n) is 17.3. The van der Waals surface area contributed by atoms with Crippen LogP contribution in [0.25, 0.3) is 0 Å². The van der Waals surface area contributed by atoms with Gasteiger partial charge in [-0.3, -0.25) is 4.99 Å². The Bertz CT molecular complexity index is 515. The van der Waals surface area contributed by atoms with Gasteiger partial charge in [-0.2, -0.15) is 0 Å². The fraction of sp³-hybridized carbons (Fsp3) is 0.900. The van der Waals surface area contributed by atoms with Crippen molar-refractivity contribution in [2.24, 2.45) is 22.7 Å². The number of rotatable bonds is 6. The summed E-state index contributed by atoms with van der Waals surface area (Å²) in [4.78, 5) is 19.3. The monoisotopic (exact) mass is 492 g/mol. The lowest BCUT2D eigenvalue weighted by Gasteiger charge is -2.24. The van der Waals surface area contributed by atoms with E-state index in [4.69, 9.17) is 9.73 Å². The molecule has 2 N–H and O–H groups in total.